The summed E-state index contributed by atoms with van der Waals surface area (Å²) in [5.41, 5.74) is 0.275. The Kier molecular flexibility index (Phi) is 4.93. The topological polar surface area (TPSA) is 54.0 Å². The van der Waals surface area contributed by atoms with Crippen molar-refractivity contribution in [3.05, 3.63) is 23.6 Å². The molecule has 1 aromatic rings. The molecule has 110 valence electrons. The number of pyridine rings is 1. The van der Waals surface area contributed by atoms with Crippen molar-refractivity contribution in [3.8, 4) is 0 Å². The van der Waals surface area contributed by atoms with E-state index in [9.17, 15) is 9.18 Å². The zero-order chi connectivity index (χ0) is 14.5. The Hall–Kier alpha value is -1.65. The molecule has 0 radical (unpaired) electrons. The molecule has 1 aliphatic carbocycles. The van der Waals surface area contributed by atoms with E-state index in [0.29, 0.717) is 30.7 Å². The highest BCUT2D eigenvalue weighted by Gasteiger charge is 2.24. The van der Waals surface area contributed by atoms with Crippen molar-refractivity contribution < 1.29 is 9.18 Å². The molecule has 1 heterocycles. The molecule has 0 spiro atoms. The number of carbonyl (C=O) groups excluding carboxylic acids is 1. The first-order valence-corrected chi connectivity index (χ1v) is 7.29. The maximum atomic E-state index is 13.3. The van der Waals surface area contributed by atoms with E-state index in [-0.39, 0.29) is 11.5 Å². The van der Waals surface area contributed by atoms with Crippen LogP contribution in [-0.4, -0.2) is 24.0 Å². The fraction of sp³-hybridized carbons (Fsp3) is 0.600. The summed E-state index contributed by atoms with van der Waals surface area (Å²) in [4.78, 5) is 16.1. The van der Waals surface area contributed by atoms with Crippen LogP contribution in [0.5, 0.6) is 0 Å². The van der Waals surface area contributed by atoms with Gasteiger partial charge in [-0.05, 0) is 31.2 Å². The third kappa shape index (κ3) is 3.46. The first-order chi connectivity index (χ1) is 9.61. The van der Waals surface area contributed by atoms with E-state index in [4.69, 9.17) is 0 Å². The van der Waals surface area contributed by atoms with Crippen LogP contribution in [0, 0.1) is 17.7 Å². The van der Waals surface area contributed by atoms with E-state index in [1.54, 1.807) is 0 Å². The quantitative estimate of drug-likeness (QED) is 0.871. The van der Waals surface area contributed by atoms with Crippen LogP contribution in [0.15, 0.2) is 12.3 Å². The van der Waals surface area contributed by atoms with E-state index < -0.39 is 5.82 Å². The summed E-state index contributed by atoms with van der Waals surface area (Å²) in [5.74, 6) is 0.862. The smallest absolute Gasteiger partial charge is 0.255 e. The summed E-state index contributed by atoms with van der Waals surface area (Å²) in [7, 11) is 0. The number of rotatable bonds is 5. The van der Waals surface area contributed by atoms with Gasteiger partial charge >= 0.3 is 0 Å². The molecule has 1 saturated carbocycles. The second-order valence-electron chi connectivity index (χ2n) is 5.46. The molecule has 2 rings (SSSR count). The SMILES string of the molecule is CCNc1ncc(F)cc1C(=O)NCC1CCCC1C. The average molecular weight is 279 g/mol. The molecule has 0 aliphatic heterocycles. The summed E-state index contributed by atoms with van der Waals surface area (Å²) in [6, 6.07) is 1.23. The van der Waals surface area contributed by atoms with Crippen molar-refractivity contribution in [2.45, 2.75) is 33.1 Å². The Morgan fingerprint density at radius 2 is 2.30 bits per heavy atom. The molecule has 1 aliphatic rings. The maximum Gasteiger partial charge on any atom is 0.255 e. The van der Waals surface area contributed by atoms with Gasteiger partial charge in [-0.25, -0.2) is 9.37 Å². The van der Waals surface area contributed by atoms with Crippen LogP contribution in [0.4, 0.5) is 10.2 Å². The Morgan fingerprint density at radius 3 is 2.95 bits per heavy atom. The fourth-order valence-electron chi connectivity index (χ4n) is 2.77. The van der Waals surface area contributed by atoms with E-state index in [1.165, 1.54) is 18.9 Å². The van der Waals surface area contributed by atoms with Crippen molar-refractivity contribution in [1.82, 2.24) is 10.3 Å². The maximum absolute atomic E-state index is 13.3. The third-order valence-electron chi connectivity index (χ3n) is 4.01. The summed E-state index contributed by atoms with van der Waals surface area (Å²) < 4.78 is 13.3. The number of nitrogens with zero attached hydrogens (tertiary/aromatic N) is 1. The summed E-state index contributed by atoms with van der Waals surface area (Å²) in [6.07, 6.45) is 4.73. The minimum absolute atomic E-state index is 0.257. The number of anilines is 1. The van der Waals surface area contributed by atoms with Gasteiger partial charge in [0, 0.05) is 13.1 Å². The van der Waals surface area contributed by atoms with E-state index in [1.807, 2.05) is 6.92 Å². The molecule has 4 nitrogen and oxygen atoms in total. The van der Waals surface area contributed by atoms with Gasteiger partial charge in [0.05, 0.1) is 11.8 Å². The fourth-order valence-corrected chi connectivity index (χ4v) is 2.77. The van der Waals surface area contributed by atoms with Gasteiger partial charge in [0.15, 0.2) is 0 Å². The molecule has 1 fully saturated rings. The lowest BCUT2D eigenvalue weighted by Gasteiger charge is -2.16. The lowest BCUT2D eigenvalue weighted by atomic mass is 9.98. The van der Waals surface area contributed by atoms with E-state index in [2.05, 4.69) is 22.5 Å². The highest BCUT2D eigenvalue weighted by atomic mass is 19.1. The first kappa shape index (κ1) is 14.8. The molecule has 0 bridgehead atoms. The van der Waals surface area contributed by atoms with Crippen molar-refractivity contribution in [1.29, 1.82) is 0 Å². The lowest BCUT2D eigenvalue weighted by molar-refractivity contribution is 0.0944. The largest absolute Gasteiger partial charge is 0.370 e. The highest BCUT2D eigenvalue weighted by molar-refractivity contribution is 5.98. The van der Waals surface area contributed by atoms with E-state index in [0.717, 1.165) is 12.6 Å². The van der Waals surface area contributed by atoms with Gasteiger partial charge in [-0.15, -0.1) is 0 Å². The standard InChI is InChI=1S/C15H22FN3O/c1-3-17-14-13(7-12(16)9-18-14)15(20)19-8-11-6-4-5-10(11)2/h7,9-11H,3-6,8H2,1-2H3,(H,17,18)(H,19,20). The number of nitrogens with one attached hydrogen (secondary N) is 2. The van der Waals surface area contributed by atoms with Crippen LogP contribution in [-0.2, 0) is 0 Å². The van der Waals surface area contributed by atoms with Gasteiger partial charge in [-0.2, -0.15) is 0 Å². The Morgan fingerprint density at radius 1 is 1.50 bits per heavy atom. The van der Waals surface area contributed by atoms with Crippen molar-refractivity contribution >= 4 is 11.7 Å². The Balaban J connectivity index is 2.02. The van der Waals surface area contributed by atoms with Crippen LogP contribution in [0.1, 0.15) is 43.5 Å². The Bertz CT molecular complexity index is 478. The summed E-state index contributed by atoms with van der Waals surface area (Å²) in [6.45, 7) is 5.42. The summed E-state index contributed by atoms with van der Waals surface area (Å²) >= 11 is 0. The average Bonchev–Trinajstić information content (AvgIpc) is 2.84. The number of carbonyl (C=O) groups is 1. The number of halogens is 1. The Labute approximate surface area is 119 Å². The third-order valence-corrected chi connectivity index (χ3v) is 4.01. The zero-order valence-corrected chi connectivity index (χ0v) is 12.1. The van der Waals surface area contributed by atoms with Gasteiger partial charge in [0.25, 0.3) is 5.91 Å². The van der Waals surface area contributed by atoms with Gasteiger partial charge in [0.2, 0.25) is 0 Å². The predicted molar refractivity (Wildman–Crippen MR) is 77.2 cm³/mol. The predicted octanol–water partition coefficient (Wildman–Crippen LogP) is 2.82. The van der Waals surface area contributed by atoms with Crippen LogP contribution in [0.3, 0.4) is 0 Å². The van der Waals surface area contributed by atoms with Crippen LogP contribution in [0.25, 0.3) is 0 Å². The van der Waals surface area contributed by atoms with Gasteiger partial charge in [-0.1, -0.05) is 19.8 Å². The molecule has 5 heteroatoms. The monoisotopic (exact) mass is 279 g/mol. The summed E-state index contributed by atoms with van der Waals surface area (Å²) in [5, 5.41) is 5.89. The highest BCUT2D eigenvalue weighted by Crippen LogP contribution is 2.30. The number of aromatic nitrogens is 1. The second kappa shape index (κ2) is 6.68. The number of hydrogen-bond donors (Lipinski definition) is 2. The van der Waals surface area contributed by atoms with Crippen LogP contribution >= 0.6 is 0 Å². The van der Waals surface area contributed by atoms with Crippen molar-refractivity contribution in [2.24, 2.45) is 11.8 Å². The van der Waals surface area contributed by atoms with Crippen LogP contribution < -0.4 is 10.6 Å². The van der Waals surface area contributed by atoms with Crippen molar-refractivity contribution in [2.75, 3.05) is 18.4 Å². The minimum atomic E-state index is -0.494. The molecular formula is C15H22FN3O. The zero-order valence-electron chi connectivity index (χ0n) is 12.1. The molecule has 2 N–H and O–H groups in total. The number of hydrogen-bond acceptors (Lipinski definition) is 3. The molecule has 20 heavy (non-hydrogen) atoms. The minimum Gasteiger partial charge on any atom is -0.370 e. The molecular weight excluding hydrogens is 257 g/mol. The first-order valence-electron chi connectivity index (χ1n) is 7.29. The van der Waals surface area contributed by atoms with Gasteiger partial charge < -0.3 is 10.6 Å². The molecule has 0 aromatic carbocycles. The molecule has 1 amide bonds. The van der Waals surface area contributed by atoms with Gasteiger partial charge in [0.1, 0.15) is 11.6 Å². The molecule has 0 saturated heterocycles. The van der Waals surface area contributed by atoms with E-state index >= 15 is 0 Å². The molecule has 2 unspecified atom stereocenters. The second-order valence-corrected chi connectivity index (χ2v) is 5.46. The van der Waals surface area contributed by atoms with Crippen LogP contribution in [0.2, 0.25) is 0 Å². The molecule has 2 atom stereocenters. The number of amides is 1. The van der Waals surface area contributed by atoms with Crippen molar-refractivity contribution in [3.63, 3.8) is 0 Å². The molecule has 1 aromatic heterocycles. The normalized spacial score (nSPS) is 21.8. The lowest BCUT2D eigenvalue weighted by Crippen LogP contribution is -2.31. The van der Waals surface area contributed by atoms with Gasteiger partial charge in [-0.3, -0.25) is 4.79 Å².